The minimum atomic E-state index is -0.315. The Morgan fingerprint density at radius 2 is 1.87 bits per heavy atom. The van der Waals surface area contributed by atoms with Crippen molar-refractivity contribution in [2.75, 3.05) is 11.9 Å². The van der Waals surface area contributed by atoms with Gasteiger partial charge in [0.15, 0.2) is 0 Å². The Labute approximate surface area is 136 Å². The zero-order valence-electron chi connectivity index (χ0n) is 13.9. The lowest BCUT2D eigenvalue weighted by atomic mass is 10.1. The average Bonchev–Trinajstić information content (AvgIpc) is 2.48. The van der Waals surface area contributed by atoms with Gasteiger partial charge in [0.25, 0.3) is 5.91 Å². The Morgan fingerprint density at radius 3 is 2.48 bits per heavy atom. The maximum atomic E-state index is 12.1. The number of carbonyl (C=O) groups is 1. The van der Waals surface area contributed by atoms with Crippen molar-refractivity contribution >= 4 is 17.4 Å². The summed E-state index contributed by atoms with van der Waals surface area (Å²) in [6, 6.07) is 9.15. The predicted molar refractivity (Wildman–Crippen MR) is 90.1 cm³/mol. The Kier molecular flexibility index (Phi) is 5.16. The number of hydrogen-bond acceptors (Lipinski definition) is 5. The van der Waals surface area contributed by atoms with Gasteiger partial charge in [-0.1, -0.05) is 0 Å². The van der Waals surface area contributed by atoms with E-state index in [1.165, 1.54) is 6.33 Å². The first-order valence-corrected chi connectivity index (χ1v) is 7.52. The molecule has 0 aliphatic rings. The minimum absolute atomic E-state index is 0.227. The largest absolute Gasteiger partial charge is 0.494 e. The summed E-state index contributed by atoms with van der Waals surface area (Å²) in [5, 5.41) is 6.02. The molecule has 6 nitrogen and oxygen atoms in total. The van der Waals surface area contributed by atoms with Gasteiger partial charge in [-0.15, -0.1) is 0 Å². The molecule has 6 heteroatoms. The first-order valence-electron chi connectivity index (χ1n) is 7.52. The van der Waals surface area contributed by atoms with E-state index in [1.54, 1.807) is 6.07 Å². The van der Waals surface area contributed by atoms with Crippen LogP contribution < -0.4 is 15.4 Å². The van der Waals surface area contributed by atoms with Gasteiger partial charge >= 0.3 is 0 Å². The van der Waals surface area contributed by atoms with Crippen molar-refractivity contribution in [2.45, 2.75) is 33.2 Å². The molecule has 0 aliphatic carbocycles. The van der Waals surface area contributed by atoms with Gasteiger partial charge in [-0.3, -0.25) is 4.79 Å². The molecule has 2 rings (SSSR count). The predicted octanol–water partition coefficient (Wildman–Crippen LogP) is 3.15. The van der Waals surface area contributed by atoms with Gasteiger partial charge in [0, 0.05) is 17.3 Å². The van der Waals surface area contributed by atoms with Crippen LogP contribution in [0.2, 0.25) is 0 Å². The molecule has 0 saturated carbocycles. The van der Waals surface area contributed by atoms with E-state index < -0.39 is 0 Å². The van der Waals surface area contributed by atoms with Crippen LogP contribution in [0.25, 0.3) is 0 Å². The molecule has 1 amide bonds. The van der Waals surface area contributed by atoms with Crippen LogP contribution in [0, 0.1) is 0 Å². The van der Waals surface area contributed by atoms with Crippen LogP contribution in [-0.2, 0) is 0 Å². The highest BCUT2D eigenvalue weighted by molar-refractivity contribution is 5.93. The molecule has 0 aliphatic heterocycles. The van der Waals surface area contributed by atoms with E-state index in [2.05, 4.69) is 20.6 Å². The fourth-order valence-corrected chi connectivity index (χ4v) is 1.90. The second-order valence-corrected chi connectivity index (χ2v) is 6.08. The molecule has 2 N–H and O–H groups in total. The number of nitrogens with zero attached hydrogens (tertiary/aromatic N) is 2. The molecule has 0 saturated heterocycles. The smallest absolute Gasteiger partial charge is 0.270 e. The van der Waals surface area contributed by atoms with Crippen molar-refractivity contribution in [1.29, 1.82) is 0 Å². The summed E-state index contributed by atoms with van der Waals surface area (Å²) < 4.78 is 5.40. The van der Waals surface area contributed by atoms with E-state index in [-0.39, 0.29) is 11.4 Å². The first-order chi connectivity index (χ1) is 10.9. The Bertz CT molecular complexity index is 663. The molecular weight excluding hydrogens is 292 g/mol. The van der Waals surface area contributed by atoms with Crippen LogP contribution >= 0.6 is 0 Å². The molecule has 0 bridgehead atoms. The SMILES string of the molecule is CCOc1ccc(Nc2cc(C(=O)NC(C)(C)C)ncn2)cc1. The molecule has 1 aromatic carbocycles. The van der Waals surface area contributed by atoms with Crippen LogP contribution in [-0.4, -0.2) is 28.0 Å². The van der Waals surface area contributed by atoms with Crippen LogP contribution in [0.15, 0.2) is 36.7 Å². The summed E-state index contributed by atoms with van der Waals surface area (Å²) in [6.45, 7) is 8.34. The number of ether oxygens (including phenoxy) is 1. The number of rotatable bonds is 5. The van der Waals surface area contributed by atoms with E-state index in [1.807, 2.05) is 52.0 Å². The monoisotopic (exact) mass is 314 g/mol. The summed E-state index contributed by atoms with van der Waals surface area (Å²) in [4.78, 5) is 20.3. The number of benzene rings is 1. The molecular formula is C17H22N4O2. The van der Waals surface area contributed by atoms with Gasteiger partial charge in [0.1, 0.15) is 23.6 Å². The first kappa shape index (κ1) is 16.7. The zero-order valence-corrected chi connectivity index (χ0v) is 13.9. The molecule has 0 unspecified atom stereocenters. The summed E-state index contributed by atoms with van der Waals surface area (Å²) in [6.07, 6.45) is 1.37. The fraction of sp³-hybridized carbons (Fsp3) is 0.353. The molecule has 1 aromatic heterocycles. The van der Waals surface area contributed by atoms with Crippen molar-refractivity contribution in [3.63, 3.8) is 0 Å². The maximum absolute atomic E-state index is 12.1. The van der Waals surface area contributed by atoms with Crippen LogP contribution in [0.3, 0.4) is 0 Å². The lowest BCUT2D eigenvalue weighted by Gasteiger charge is -2.20. The second kappa shape index (κ2) is 7.09. The van der Waals surface area contributed by atoms with E-state index in [4.69, 9.17) is 4.74 Å². The van der Waals surface area contributed by atoms with Gasteiger partial charge in [0.2, 0.25) is 0 Å². The maximum Gasteiger partial charge on any atom is 0.270 e. The number of nitrogens with one attached hydrogen (secondary N) is 2. The number of amides is 1. The minimum Gasteiger partial charge on any atom is -0.494 e. The summed E-state index contributed by atoms with van der Waals surface area (Å²) in [5.41, 5.74) is 0.864. The van der Waals surface area contributed by atoms with Crippen molar-refractivity contribution in [3.05, 3.63) is 42.4 Å². The molecule has 0 atom stereocenters. The standard InChI is InChI=1S/C17H22N4O2/c1-5-23-13-8-6-12(7-9-13)20-15-10-14(18-11-19-15)16(22)21-17(2,3)4/h6-11H,5H2,1-4H3,(H,21,22)(H,18,19,20). The van der Waals surface area contributed by atoms with Crippen molar-refractivity contribution < 1.29 is 9.53 Å². The van der Waals surface area contributed by atoms with E-state index in [9.17, 15) is 4.79 Å². The second-order valence-electron chi connectivity index (χ2n) is 6.08. The van der Waals surface area contributed by atoms with Gasteiger partial charge in [-0.05, 0) is 52.0 Å². The lowest BCUT2D eigenvalue weighted by molar-refractivity contribution is 0.0914. The molecule has 0 spiro atoms. The summed E-state index contributed by atoms with van der Waals surface area (Å²) >= 11 is 0. The van der Waals surface area contributed by atoms with E-state index in [0.717, 1.165) is 11.4 Å². The third kappa shape index (κ3) is 5.25. The van der Waals surface area contributed by atoms with Crippen LogP contribution in [0.1, 0.15) is 38.2 Å². The van der Waals surface area contributed by atoms with Crippen molar-refractivity contribution in [2.24, 2.45) is 0 Å². The van der Waals surface area contributed by atoms with Gasteiger partial charge < -0.3 is 15.4 Å². The van der Waals surface area contributed by atoms with Crippen molar-refractivity contribution in [1.82, 2.24) is 15.3 Å². The highest BCUT2D eigenvalue weighted by Gasteiger charge is 2.16. The molecule has 0 radical (unpaired) electrons. The molecule has 23 heavy (non-hydrogen) atoms. The lowest BCUT2D eigenvalue weighted by Crippen LogP contribution is -2.40. The fourth-order valence-electron chi connectivity index (χ4n) is 1.90. The third-order valence-corrected chi connectivity index (χ3v) is 2.83. The molecule has 122 valence electrons. The van der Waals surface area contributed by atoms with Gasteiger partial charge in [-0.2, -0.15) is 0 Å². The van der Waals surface area contributed by atoms with Crippen molar-refractivity contribution in [3.8, 4) is 5.75 Å². The zero-order chi connectivity index (χ0) is 16.9. The quantitative estimate of drug-likeness (QED) is 0.886. The van der Waals surface area contributed by atoms with E-state index in [0.29, 0.717) is 18.1 Å². The number of hydrogen-bond donors (Lipinski definition) is 2. The van der Waals surface area contributed by atoms with Crippen LogP contribution in [0.5, 0.6) is 5.75 Å². The Morgan fingerprint density at radius 1 is 1.17 bits per heavy atom. The topological polar surface area (TPSA) is 76.1 Å². The third-order valence-electron chi connectivity index (χ3n) is 2.83. The molecule has 1 heterocycles. The number of carbonyl (C=O) groups excluding carboxylic acids is 1. The number of anilines is 2. The van der Waals surface area contributed by atoms with Gasteiger partial charge in [0.05, 0.1) is 6.61 Å². The van der Waals surface area contributed by atoms with Gasteiger partial charge in [-0.25, -0.2) is 9.97 Å². The molecule has 0 fully saturated rings. The Balaban J connectivity index is 2.09. The number of aromatic nitrogens is 2. The normalized spacial score (nSPS) is 11.0. The summed E-state index contributed by atoms with van der Waals surface area (Å²) in [7, 11) is 0. The average molecular weight is 314 g/mol. The summed E-state index contributed by atoms with van der Waals surface area (Å²) in [5.74, 6) is 1.14. The Hall–Kier alpha value is -2.63. The highest BCUT2D eigenvalue weighted by Crippen LogP contribution is 2.19. The van der Waals surface area contributed by atoms with E-state index >= 15 is 0 Å². The molecule has 2 aromatic rings. The van der Waals surface area contributed by atoms with Crippen LogP contribution in [0.4, 0.5) is 11.5 Å². The highest BCUT2D eigenvalue weighted by atomic mass is 16.5.